The molecule has 1 rings (SSSR count). The molecule has 0 bridgehead atoms. The number of nitro groups is 2. The maximum atomic E-state index is 11.7. The number of hydrogen-bond donors (Lipinski definition) is 1. The molecule has 1 N–H and O–H groups in total. The lowest BCUT2D eigenvalue weighted by Crippen LogP contribution is -2.16. The van der Waals surface area contributed by atoms with Crippen LogP contribution in [0.1, 0.15) is 51.9 Å². The lowest BCUT2D eigenvalue weighted by Gasteiger charge is -2.09. The highest BCUT2D eigenvalue weighted by Gasteiger charge is 2.19. The molecule has 56 heavy (non-hydrogen) atoms. The van der Waals surface area contributed by atoms with Crippen LogP contribution in [-0.4, -0.2) is 161 Å². The minimum absolute atomic E-state index is 0.156. The fourth-order valence-corrected chi connectivity index (χ4v) is 4.61. The number of hydrogen-bond acceptors (Lipinski definition) is 17. The number of nitro benzene ring substituents is 2. The summed E-state index contributed by atoms with van der Waals surface area (Å²) in [5.41, 5.74) is -0.534. The van der Waals surface area contributed by atoms with Gasteiger partial charge in [0.2, 0.25) is 0 Å². The van der Waals surface area contributed by atoms with Gasteiger partial charge in [0.05, 0.1) is 148 Å². The van der Waals surface area contributed by atoms with Gasteiger partial charge in [-0.3, -0.25) is 25.0 Å². The summed E-state index contributed by atoms with van der Waals surface area (Å²) in [6, 6.07) is 3.42. The van der Waals surface area contributed by atoms with E-state index in [1.165, 1.54) is 37.8 Å². The van der Waals surface area contributed by atoms with Crippen LogP contribution < -0.4 is 5.32 Å². The Morgan fingerprint density at radius 2 is 0.893 bits per heavy atom. The molecule has 0 radical (unpaired) electrons. The van der Waals surface area contributed by atoms with Gasteiger partial charge in [-0.1, -0.05) is 39.0 Å². The van der Waals surface area contributed by atoms with Crippen LogP contribution in [0.2, 0.25) is 0 Å². The van der Waals surface area contributed by atoms with Gasteiger partial charge in [-0.15, -0.1) is 0 Å². The second-order valence-corrected chi connectivity index (χ2v) is 12.0. The summed E-state index contributed by atoms with van der Waals surface area (Å²) in [5.74, 6) is -0.156. The summed E-state index contributed by atoms with van der Waals surface area (Å²) < 4.78 is 59.7. The standard InChI is InChI=1S/C37H65N3O16/c1-2-3-4-5-6-7-8-37(41)56-32-31-55-30-29-54-28-27-53-26-25-52-24-23-51-22-21-50-20-19-49-18-17-48-16-15-47-14-13-46-12-11-38-35-10-9-34(39(42)43)33-36(35)40(44)45/h9-10,33,38H,2-8,11-32H2,1H3. The maximum absolute atomic E-state index is 11.7. The van der Waals surface area contributed by atoms with E-state index in [0.29, 0.717) is 132 Å². The van der Waals surface area contributed by atoms with Gasteiger partial charge < -0.3 is 57.4 Å². The van der Waals surface area contributed by atoms with Gasteiger partial charge in [-0.05, 0) is 12.5 Å². The van der Waals surface area contributed by atoms with E-state index in [9.17, 15) is 25.0 Å². The van der Waals surface area contributed by atoms with Crippen LogP contribution in [0, 0.1) is 20.2 Å². The van der Waals surface area contributed by atoms with E-state index >= 15 is 0 Å². The molecule has 0 atom stereocenters. The molecular weight excluding hydrogens is 742 g/mol. The van der Waals surface area contributed by atoms with Crippen LogP contribution in [0.25, 0.3) is 0 Å². The Morgan fingerprint density at radius 3 is 1.29 bits per heavy atom. The van der Waals surface area contributed by atoms with Crippen LogP contribution >= 0.6 is 0 Å². The molecule has 0 aliphatic rings. The Balaban J connectivity index is 1.70. The van der Waals surface area contributed by atoms with Crippen LogP contribution in [0.4, 0.5) is 17.1 Å². The first kappa shape index (κ1) is 50.9. The Bertz CT molecular complexity index is 1100. The number of esters is 1. The van der Waals surface area contributed by atoms with Gasteiger partial charge in [0, 0.05) is 19.0 Å². The normalized spacial score (nSPS) is 11.2. The second-order valence-electron chi connectivity index (χ2n) is 12.0. The number of benzene rings is 1. The van der Waals surface area contributed by atoms with Crippen molar-refractivity contribution in [1.29, 1.82) is 0 Å². The third kappa shape index (κ3) is 32.0. The monoisotopic (exact) mass is 807 g/mol. The highest BCUT2D eigenvalue weighted by atomic mass is 16.6. The van der Waals surface area contributed by atoms with E-state index in [2.05, 4.69) is 12.2 Å². The summed E-state index contributed by atoms with van der Waals surface area (Å²) in [4.78, 5) is 32.3. The largest absolute Gasteiger partial charge is 0.463 e. The molecule has 0 aliphatic carbocycles. The van der Waals surface area contributed by atoms with E-state index in [-0.39, 0.29) is 42.8 Å². The van der Waals surface area contributed by atoms with Crippen molar-refractivity contribution in [1.82, 2.24) is 0 Å². The summed E-state index contributed by atoms with van der Waals surface area (Å²) in [5, 5.41) is 24.8. The smallest absolute Gasteiger partial charge is 0.305 e. The number of carbonyl (C=O) groups is 1. The van der Waals surface area contributed by atoms with Gasteiger partial charge in [0.15, 0.2) is 0 Å². The zero-order valence-electron chi connectivity index (χ0n) is 33.2. The predicted molar refractivity (Wildman–Crippen MR) is 205 cm³/mol. The van der Waals surface area contributed by atoms with E-state index < -0.39 is 9.85 Å². The summed E-state index contributed by atoms with van der Waals surface area (Å²) >= 11 is 0. The summed E-state index contributed by atoms with van der Waals surface area (Å²) in [6.45, 7) is 11.3. The van der Waals surface area contributed by atoms with Gasteiger partial charge >= 0.3 is 5.97 Å². The number of unbranched alkanes of at least 4 members (excludes halogenated alkanes) is 5. The van der Waals surface area contributed by atoms with E-state index in [0.717, 1.165) is 18.9 Å². The van der Waals surface area contributed by atoms with E-state index in [1.54, 1.807) is 0 Å². The van der Waals surface area contributed by atoms with Gasteiger partial charge in [-0.25, -0.2) is 0 Å². The molecule has 0 heterocycles. The second kappa shape index (κ2) is 38.7. The Kier molecular flexibility index (Phi) is 35.2. The molecule has 0 unspecified atom stereocenters. The number of anilines is 1. The topological polar surface area (TPSA) is 217 Å². The fraction of sp³-hybridized carbons (Fsp3) is 0.811. The molecule has 0 amide bonds. The molecule has 1 aromatic rings. The molecule has 0 saturated heterocycles. The average Bonchev–Trinajstić information content (AvgIpc) is 3.19. The van der Waals surface area contributed by atoms with Crippen LogP contribution in [-0.2, 0) is 56.9 Å². The number of non-ortho nitro benzene ring substituents is 1. The van der Waals surface area contributed by atoms with E-state index in [4.69, 9.17) is 52.1 Å². The van der Waals surface area contributed by atoms with Gasteiger partial charge in [0.25, 0.3) is 11.4 Å². The van der Waals surface area contributed by atoms with Crippen molar-refractivity contribution >= 4 is 23.0 Å². The van der Waals surface area contributed by atoms with Crippen molar-refractivity contribution in [2.24, 2.45) is 0 Å². The van der Waals surface area contributed by atoms with Crippen LogP contribution in [0.15, 0.2) is 18.2 Å². The molecule has 1 aromatic carbocycles. The number of nitrogens with zero attached hydrogens (tertiary/aromatic N) is 2. The molecule has 0 aromatic heterocycles. The minimum Gasteiger partial charge on any atom is -0.463 e. The van der Waals surface area contributed by atoms with Gasteiger partial charge in [0.1, 0.15) is 12.3 Å². The lowest BCUT2D eigenvalue weighted by molar-refractivity contribution is -0.393. The molecule has 19 nitrogen and oxygen atoms in total. The molecule has 19 heteroatoms. The highest BCUT2D eigenvalue weighted by Crippen LogP contribution is 2.28. The van der Waals surface area contributed by atoms with Crippen LogP contribution in [0.3, 0.4) is 0 Å². The number of carbonyl (C=O) groups excluding carboxylic acids is 1. The molecule has 0 aliphatic heterocycles. The third-order valence-corrected chi connectivity index (χ3v) is 7.52. The first-order chi connectivity index (χ1) is 27.5. The molecule has 324 valence electrons. The van der Waals surface area contributed by atoms with Crippen molar-refractivity contribution in [2.45, 2.75) is 51.9 Å². The van der Waals surface area contributed by atoms with Crippen molar-refractivity contribution in [3.8, 4) is 0 Å². The maximum Gasteiger partial charge on any atom is 0.305 e. The quantitative estimate of drug-likeness (QED) is 0.0419. The van der Waals surface area contributed by atoms with Crippen LogP contribution in [0.5, 0.6) is 0 Å². The summed E-state index contributed by atoms with van der Waals surface area (Å²) in [7, 11) is 0. The zero-order valence-corrected chi connectivity index (χ0v) is 33.2. The number of nitrogens with one attached hydrogen (secondary N) is 1. The molecular formula is C37H65N3O16. The highest BCUT2D eigenvalue weighted by molar-refractivity contribution is 5.69. The molecule has 0 spiro atoms. The SMILES string of the molecule is CCCCCCCCC(=O)OCCOCCOCCOCCOCCOCCOCCOCCOCCOCCOCCNc1ccc([N+](=O)[O-])cc1[N+](=O)[O-]. The minimum atomic E-state index is -0.682. The average molecular weight is 808 g/mol. The molecule has 0 fully saturated rings. The Hall–Kier alpha value is -3.11. The van der Waals surface area contributed by atoms with Crippen molar-refractivity contribution in [3.05, 3.63) is 38.4 Å². The van der Waals surface area contributed by atoms with E-state index in [1.807, 2.05) is 0 Å². The van der Waals surface area contributed by atoms with Gasteiger partial charge in [-0.2, -0.15) is 0 Å². The molecule has 0 saturated carbocycles. The fourth-order valence-electron chi connectivity index (χ4n) is 4.61. The number of ether oxygens (including phenoxy) is 11. The zero-order chi connectivity index (χ0) is 40.6. The van der Waals surface area contributed by atoms with Crippen molar-refractivity contribution in [2.75, 3.05) is 151 Å². The first-order valence-corrected chi connectivity index (χ1v) is 19.6. The lowest BCUT2D eigenvalue weighted by atomic mass is 10.1. The van der Waals surface area contributed by atoms with Crippen molar-refractivity contribution in [3.63, 3.8) is 0 Å². The first-order valence-electron chi connectivity index (χ1n) is 19.6. The van der Waals surface area contributed by atoms with Crippen molar-refractivity contribution < 1.29 is 66.7 Å². The predicted octanol–water partition coefficient (Wildman–Crippen LogP) is 4.37. The summed E-state index contributed by atoms with van der Waals surface area (Å²) in [6.07, 6.45) is 7.34. The number of rotatable bonds is 43. The Morgan fingerprint density at radius 1 is 0.518 bits per heavy atom. The Labute approximate surface area is 330 Å². The third-order valence-electron chi connectivity index (χ3n) is 7.52.